The van der Waals surface area contributed by atoms with Crippen LogP contribution in [0.4, 0.5) is 0 Å². The molecule has 1 aromatic rings. The van der Waals surface area contributed by atoms with E-state index in [1.165, 1.54) is 0 Å². The van der Waals surface area contributed by atoms with Gasteiger partial charge in [0.05, 0.1) is 12.0 Å². The van der Waals surface area contributed by atoms with Crippen molar-refractivity contribution < 1.29 is 4.79 Å². The minimum absolute atomic E-state index is 0.0710. The predicted molar refractivity (Wildman–Crippen MR) is 80.7 cm³/mol. The summed E-state index contributed by atoms with van der Waals surface area (Å²) in [5.74, 6) is -0.0710. The third-order valence-corrected chi connectivity index (χ3v) is 4.10. The molecule has 0 fully saturated rings. The molecule has 19 heavy (non-hydrogen) atoms. The zero-order valence-electron chi connectivity index (χ0n) is 11.3. The maximum Gasteiger partial charge on any atom is 0.224 e. The summed E-state index contributed by atoms with van der Waals surface area (Å²) in [6, 6.07) is 5.14. The van der Waals surface area contributed by atoms with Crippen molar-refractivity contribution in [3.63, 3.8) is 0 Å². The van der Waals surface area contributed by atoms with Crippen molar-refractivity contribution in [2.45, 2.75) is 38.6 Å². The molecule has 3 nitrogen and oxygen atoms in total. The Kier molecular flexibility index (Phi) is 6.11. The van der Waals surface area contributed by atoms with Crippen LogP contribution in [0.3, 0.4) is 0 Å². The molecular weight excluding hydrogens is 283 g/mol. The van der Waals surface area contributed by atoms with Crippen LogP contribution in [0, 0.1) is 0 Å². The van der Waals surface area contributed by atoms with E-state index in [0.717, 1.165) is 18.4 Å². The number of hydrogen-bond acceptors (Lipinski definition) is 2. The van der Waals surface area contributed by atoms with Gasteiger partial charge in [-0.1, -0.05) is 43.1 Å². The van der Waals surface area contributed by atoms with Gasteiger partial charge in [-0.2, -0.15) is 0 Å². The van der Waals surface area contributed by atoms with Crippen molar-refractivity contribution >= 4 is 29.1 Å². The molecule has 5 heteroatoms. The summed E-state index contributed by atoms with van der Waals surface area (Å²) in [5.41, 5.74) is 6.20. The van der Waals surface area contributed by atoms with Gasteiger partial charge >= 0.3 is 0 Å². The highest BCUT2D eigenvalue weighted by atomic mass is 35.5. The summed E-state index contributed by atoms with van der Waals surface area (Å²) >= 11 is 11.9. The lowest BCUT2D eigenvalue weighted by molar-refractivity contribution is -0.122. The molecule has 0 aliphatic carbocycles. The lowest BCUT2D eigenvalue weighted by atomic mass is 9.92. The Morgan fingerprint density at radius 2 is 1.95 bits per heavy atom. The smallest absolute Gasteiger partial charge is 0.224 e. The molecule has 0 aliphatic rings. The van der Waals surface area contributed by atoms with E-state index in [9.17, 15) is 4.79 Å². The number of amides is 1. The van der Waals surface area contributed by atoms with Crippen molar-refractivity contribution in [2.24, 2.45) is 5.73 Å². The van der Waals surface area contributed by atoms with Crippen LogP contribution >= 0.6 is 23.2 Å². The number of nitrogens with one attached hydrogen (secondary N) is 1. The van der Waals surface area contributed by atoms with Gasteiger partial charge in [0, 0.05) is 16.6 Å². The molecule has 1 rings (SSSR count). The predicted octanol–water partition coefficient (Wildman–Crippen LogP) is 3.17. The van der Waals surface area contributed by atoms with Gasteiger partial charge < -0.3 is 11.1 Å². The monoisotopic (exact) mass is 302 g/mol. The fraction of sp³-hybridized carbons (Fsp3) is 0.500. The van der Waals surface area contributed by atoms with Crippen LogP contribution < -0.4 is 11.1 Å². The average Bonchev–Trinajstić information content (AvgIpc) is 2.39. The van der Waals surface area contributed by atoms with Gasteiger partial charge in [0.2, 0.25) is 5.91 Å². The Labute approximate surface area is 124 Å². The van der Waals surface area contributed by atoms with E-state index in [1.54, 1.807) is 18.2 Å². The number of benzene rings is 1. The molecule has 1 amide bonds. The number of carbonyl (C=O) groups is 1. The molecule has 0 unspecified atom stereocenters. The minimum atomic E-state index is -0.323. The lowest BCUT2D eigenvalue weighted by Crippen LogP contribution is -2.53. The van der Waals surface area contributed by atoms with Crippen LogP contribution in [0.15, 0.2) is 18.2 Å². The first-order valence-electron chi connectivity index (χ1n) is 6.41. The molecule has 0 spiro atoms. The van der Waals surface area contributed by atoms with Gasteiger partial charge in [0.15, 0.2) is 0 Å². The van der Waals surface area contributed by atoms with Crippen LogP contribution in [0.25, 0.3) is 0 Å². The van der Waals surface area contributed by atoms with E-state index < -0.39 is 0 Å². The highest BCUT2D eigenvalue weighted by molar-refractivity contribution is 6.35. The molecular formula is C14H20Cl2N2O. The molecule has 0 aromatic heterocycles. The van der Waals surface area contributed by atoms with E-state index in [4.69, 9.17) is 28.9 Å². The number of hydrogen-bond donors (Lipinski definition) is 2. The highest BCUT2D eigenvalue weighted by Crippen LogP contribution is 2.22. The Balaban J connectivity index is 2.74. The van der Waals surface area contributed by atoms with Crippen molar-refractivity contribution in [1.29, 1.82) is 0 Å². The largest absolute Gasteiger partial charge is 0.349 e. The number of rotatable bonds is 6. The first kappa shape index (κ1) is 16.3. The highest BCUT2D eigenvalue weighted by Gasteiger charge is 2.26. The van der Waals surface area contributed by atoms with Gasteiger partial charge in [-0.05, 0) is 30.5 Å². The molecule has 0 aliphatic heterocycles. The fourth-order valence-corrected chi connectivity index (χ4v) is 2.42. The summed E-state index contributed by atoms with van der Waals surface area (Å²) in [6.07, 6.45) is 1.85. The second kappa shape index (κ2) is 7.13. The van der Waals surface area contributed by atoms with Gasteiger partial charge in [0.1, 0.15) is 0 Å². The number of halogens is 2. The SMILES string of the molecule is CCC(CC)(CN)NC(=O)Cc1ccc(Cl)cc1Cl. The number of carbonyl (C=O) groups excluding carboxylic acids is 1. The Morgan fingerprint density at radius 3 is 2.42 bits per heavy atom. The fourth-order valence-electron chi connectivity index (χ4n) is 1.94. The van der Waals surface area contributed by atoms with Crippen molar-refractivity contribution in [3.05, 3.63) is 33.8 Å². The van der Waals surface area contributed by atoms with E-state index in [-0.39, 0.29) is 17.9 Å². The van der Waals surface area contributed by atoms with Crippen LogP contribution in [-0.4, -0.2) is 18.0 Å². The average molecular weight is 303 g/mol. The molecule has 0 heterocycles. The molecule has 0 bridgehead atoms. The second-order valence-electron chi connectivity index (χ2n) is 4.65. The second-order valence-corrected chi connectivity index (χ2v) is 5.50. The molecule has 0 radical (unpaired) electrons. The zero-order chi connectivity index (χ0) is 14.5. The van der Waals surface area contributed by atoms with E-state index in [1.807, 2.05) is 13.8 Å². The minimum Gasteiger partial charge on any atom is -0.349 e. The zero-order valence-corrected chi connectivity index (χ0v) is 12.8. The van der Waals surface area contributed by atoms with Crippen molar-refractivity contribution in [3.8, 4) is 0 Å². The molecule has 1 aromatic carbocycles. The van der Waals surface area contributed by atoms with E-state index >= 15 is 0 Å². The van der Waals surface area contributed by atoms with Crippen molar-refractivity contribution in [1.82, 2.24) is 5.32 Å². The Morgan fingerprint density at radius 1 is 1.32 bits per heavy atom. The topological polar surface area (TPSA) is 55.1 Å². The van der Waals surface area contributed by atoms with Crippen molar-refractivity contribution in [2.75, 3.05) is 6.54 Å². The summed E-state index contributed by atoms with van der Waals surface area (Å²) in [6.45, 7) is 4.47. The third kappa shape index (κ3) is 4.37. The van der Waals surface area contributed by atoms with Gasteiger partial charge in [-0.15, -0.1) is 0 Å². The third-order valence-electron chi connectivity index (χ3n) is 3.51. The van der Waals surface area contributed by atoms with Crippen LogP contribution in [-0.2, 0) is 11.2 Å². The normalized spacial score (nSPS) is 11.4. The first-order chi connectivity index (χ1) is 8.96. The quantitative estimate of drug-likeness (QED) is 0.848. The van der Waals surface area contributed by atoms with Crippen LogP contribution in [0.2, 0.25) is 10.0 Å². The summed E-state index contributed by atoms with van der Waals surface area (Å²) in [5, 5.41) is 4.09. The maximum absolute atomic E-state index is 12.1. The number of nitrogens with two attached hydrogens (primary N) is 1. The first-order valence-corrected chi connectivity index (χ1v) is 7.17. The van der Waals surface area contributed by atoms with E-state index in [0.29, 0.717) is 16.6 Å². The Bertz CT molecular complexity index is 437. The van der Waals surface area contributed by atoms with Gasteiger partial charge in [-0.25, -0.2) is 0 Å². The Hall–Kier alpha value is -0.770. The molecule has 0 saturated heterocycles. The molecule has 106 valence electrons. The van der Waals surface area contributed by atoms with Crippen LogP contribution in [0.5, 0.6) is 0 Å². The van der Waals surface area contributed by atoms with Crippen LogP contribution in [0.1, 0.15) is 32.3 Å². The summed E-state index contributed by atoms with van der Waals surface area (Å²) in [4.78, 5) is 12.1. The van der Waals surface area contributed by atoms with Gasteiger partial charge in [-0.3, -0.25) is 4.79 Å². The standard InChI is InChI=1S/C14H20Cl2N2O/c1-3-14(4-2,9-17)18-13(19)7-10-5-6-11(15)8-12(10)16/h5-6,8H,3-4,7,9,17H2,1-2H3,(H,18,19). The molecule has 0 atom stereocenters. The van der Waals surface area contributed by atoms with E-state index in [2.05, 4.69) is 5.32 Å². The lowest BCUT2D eigenvalue weighted by Gasteiger charge is -2.31. The summed E-state index contributed by atoms with van der Waals surface area (Å²) < 4.78 is 0. The summed E-state index contributed by atoms with van der Waals surface area (Å²) in [7, 11) is 0. The van der Waals surface area contributed by atoms with Gasteiger partial charge in [0.25, 0.3) is 0 Å². The molecule has 3 N–H and O–H groups in total. The maximum atomic E-state index is 12.1. The molecule has 0 saturated carbocycles.